The van der Waals surface area contributed by atoms with Crippen molar-refractivity contribution in [3.63, 3.8) is 0 Å². The number of hydrogen-bond acceptors (Lipinski definition) is 7. The number of carbonyl (C=O) groups is 1. The average Bonchev–Trinajstić information content (AvgIpc) is 3.29. The molecule has 9 heteroatoms. The highest BCUT2D eigenvalue weighted by Crippen LogP contribution is 2.27. The first-order chi connectivity index (χ1) is 16.6. The Morgan fingerprint density at radius 3 is 2.49 bits per heavy atom. The third kappa shape index (κ3) is 5.92. The maximum atomic E-state index is 12.8. The summed E-state index contributed by atoms with van der Waals surface area (Å²) in [5.74, 6) is 0.869. The summed E-state index contributed by atoms with van der Waals surface area (Å²) in [6.07, 6.45) is 1.38. The molecule has 2 aromatic carbocycles. The number of nitro groups is 1. The Labute approximate surface area is 204 Å². The fraction of sp³-hybridized carbons (Fsp3) is 0.423. The predicted molar refractivity (Wildman–Crippen MR) is 133 cm³/mol. The SMILES string of the molecule is Cc1ccc([N+](=O)[O-])cc1NC(=O)C1CCN(Cc2nc(-c3ccc(C(C)(C)C)cc3)no2)CC1. The Hall–Kier alpha value is -3.59. The number of anilines is 1. The number of carbonyl (C=O) groups excluding carboxylic acids is 1. The van der Waals surface area contributed by atoms with Crippen LogP contribution in [0.5, 0.6) is 0 Å². The van der Waals surface area contributed by atoms with E-state index in [4.69, 9.17) is 4.52 Å². The normalized spacial score (nSPS) is 15.2. The van der Waals surface area contributed by atoms with Gasteiger partial charge >= 0.3 is 0 Å². The molecule has 2 heterocycles. The smallest absolute Gasteiger partial charge is 0.271 e. The van der Waals surface area contributed by atoms with Crippen LogP contribution in [-0.4, -0.2) is 39.0 Å². The molecule has 35 heavy (non-hydrogen) atoms. The number of nitrogens with one attached hydrogen (secondary N) is 1. The van der Waals surface area contributed by atoms with Crippen LogP contribution in [0, 0.1) is 23.0 Å². The quantitative estimate of drug-likeness (QED) is 0.388. The van der Waals surface area contributed by atoms with Crippen LogP contribution in [0.4, 0.5) is 11.4 Å². The summed E-state index contributed by atoms with van der Waals surface area (Å²) in [6.45, 7) is 10.3. The van der Waals surface area contributed by atoms with Crippen molar-refractivity contribution in [1.29, 1.82) is 0 Å². The number of nitrogens with zero attached hydrogens (tertiary/aromatic N) is 4. The minimum atomic E-state index is -0.461. The fourth-order valence-corrected chi connectivity index (χ4v) is 4.19. The molecule has 0 aliphatic carbocycles. The lowest BCUT2D eigenvalue weighted by molar-refractivity contribution is -0.384. The molecule has 0 unspecified atom stereocenters. The number of hydrogen-bond donors (Lipinski definition) is 1. The lowest BCUT2D eigenvalue weighted by Crippen LogP contribution is -2.37. The number of amides is 1. The average molecular weight is 478 g/mol. The second-order valence-electron chi connectivity index (χ2n) is 10.1. The summed E-state index contributed by atoms with van der Waals surface area (Å²) in [5.41, 5.74) is 3.49. The van der Waals surface area contributed by atoms with Gasteiger partial charge in [-0.2, -0.15) is 4.98 Å². The van der Waals surface area contributed by atoms with Crippen molar-refractivity contribution in [2.24, 2.45) is 5.92 Å². The highest BCUT2D eigenvalue weighted by Gasteiger charge is 2.27. The molecule has 1 fully saturated rings. The van der Waals surface area contributed by atoms with Crippen LogP contribution >= 0.6 is 0 Å². The van der Waals surface area contributed by atoms with Crippen LogP contribution in [0.3, 0.4) is 0 Å². The first-order valence-electron chi connectivity index (χ1n) is 11.8. The fourth-order valence-electron chi connectivity index (χ4n) is 4.19. The van der Waals surface area contributed by atoms with Gasteiger partial charge in [-0.1, -0.05) is 56.3 Å². The van der Waals surface area contributed by atoms with Gasteiger partial charge in [0.25, 0.3) is 5.69 Å². The maximum absolute atomic E-state index is 12.8. The lowest BCUT2D eigenvalue weighted by atomic mass is 9.87. The van der Waals surface area contributed by atoms with Gasteiger partial charge in [-0.3, -0.25) is 19.8 Å². The maximum Gasteiger partial charge on any atom is 0.271 e. The van der Waals surface area contributed by atoms with Crippen LogP contribution in [-0.2, 0) is 16.8 Å². The zero-order chi connectivity index (χ0) is 25.2. The molecule has 3 aromatic rings. The van der Waals surface area contributed by atoms with Gasteiger partial charge in [-0.05, 0) is 49.4 Å². The highest BCUT2D eigenvalue weighted by atomic mass is 16.6. The number of aromatic nitrogens is 2. The Kier molecular flexibility index (Phi) is 6.98. The Balaban J connectivity index is 1.31. The second-order valence-corrected chi connectivity index (χ2v) is 10.1. The van der Waals surface area contributed by atoms with E-state index in [2.05, 4.69) is 53.3 Å². The summed E-state index contributed by atoms with van der Waals surface area (Å²) in [7, 11) is 0. The van der Waals surface area contributed by atoms with Gasteiger partial charge < -0.3 is 9.84 Å². The molecule has 1 aliphatic rings. The number of non-ortho nitro benzene ring substituents is 1. The van der Waals surface area contributed by atoms with E-state index in [0.29, 0.717) is 36.8 Å². The van der Waals surface area contributed by atoms with Crippen molar-refractivity contribution >= 4 is 17.3 Å². The minimum absolute atomic E-state index is 0.0372. The first kappa shape index (κ1) is 24.5. The lowest BCUT2D eigenvalue weighted by Gasteiger charge is -2.30. The molecule has 184 valence electrons. The molecule has 1 aromatic heterocycles. The van der Waals surface area contributed by atoms with Crippen molar-refractivity contribution in [3.05, 3.63) is 69.6 Å². The van der Waals surface area contributed by atoms with Crippen molar-refractivity contribution < 1.29 is 14.2 Å². The van der Waals surface area contributed by atoms with Gasteiger partial charge in [0, 0.05) is 23.6 Å². The van der Waals surface area contributed by atoms with Gasteiger partial charge in [-0.15, -0.1) is 0 Å². The van der Waals surface area contributed by atoms with Crippen LogP contribution in [0.15, 0.2) is 47.0 Å². The minimum Gasteiger partial charge on any atom is -0.338 e. The number of benzene rings is 2. The molecule has 1 amide bonds. The summed E-state index contributed by atoms with van der Waals surface area (Å²) in [6, 6.07) is 12.7. The van der Waals surface area contributed by atoms with Crippen LogP contribution in [0.2, 0.25) is 0 Å². The molecular formula is C26H31N5O4. The molecular weight excluding hydrogens is 446 g/mol. The number of piperidine rings is 1. The largest absolute Gasteiger partial charge is 0.338 e. The number of rotatable bonds is 6. The molecule has 4 rings (SSSR count). The van der Waals surface area contributed by atoms with Crippen molar-refractivity contribution in [2.75, 3.05) is 18.4 Å². The van der Waals surface area contributed by atoms with E-state index in [1.807, 2.05) is 19.1 Å². The third-order valence-corrected chi connectivity index (χ3v) is 6.48. The van der Waals surface area contributed by atoms with Gasteiger partial charge in [-0.25, -0.2) is 0 Å². The standard InChI is InChI=1S/C26H31N5O4/c1-17-5-10-21(31(33)34)15-22(17)27-25(32)19-11-13-30(14-12-19)16-23-28-24(29-35-23)18-6-8-20(9-7-18)26(2,3)4/h5-10,15,19H,11-14,16H2,1-4H3,(H,27,32). The van der Waals surface area contributed by atoms with Gasteiger partial charge in [0.05, 0.1) is 17.2 Å². The van der Waals surface area contributed by atoms with Gasteiger partial charge in [0.15, 0.2) is 0 Å². The Bertz CT molecular complexity index is 1210. The molecule has 0 spiro atoms. The van der Waals surface area contributed by atoms with E-state index in [1.165, 1.54) is 17.7 Å². The Morgan fingerprint density at radius 1 is 1.17 bits per heavy atom. The van der Waals surface area contributed by atoms with E-state index >= 15 is 0 Å². The number of aryl methyl sites for hydroxylation is 1. The first-order valence-corrected chi connectivity index (χ1v) is 11.8. The van der Waals surface area contributed by atoms with Crippen molar-refractivity contribution in [1.82, 2.24) is 15.0 Å². The molecule has 0 bridgehead atoms. The third-order valence-electron chi connectivity index (χ3n) is 6.48. The van der Waals surface area contributed by atoms with E-state index in [1.54, 1.807) is 6.07 Å². The zero-order valence-corrected chi connectivity index (χ0v) is 20.6. The summed E-state index contributed by atoms with van der Waals surface area (Å²) >= 11 is 0. The Morgan fingerprint density at radius 2 is 1.86 bits per heavy atom. The van der Waals surface area contributed by atoms with Crippen LogP contribution in [0.1, 0.15) is 50.6 Å². The van der Waals surface area contributed by atoms with Crippen molar-refractivity contribution in [2.45, 2.75) is 52.5 Å². The van der Waals surface area contributed by atoms with E-state index in [-0.39, 0.29) is 22.9 Å². The molecule has 0 saturated carbocycles. The second kappa shape index (κ2) is 9.95. The molecule has 0 radical (unpaired) electrons. The monoisotopic (exact) mass is 477 g/mol. The predicted octanol–water partition coefficient (Wildman–Crippen LogP) is 5.10. The molecule has 1 aliphatic heterocycles. The summed E-state index contributed by atoms with van der Waals surface area (Å²) in [5, 5.41) is 18.0. The molecule has 9 nitrogen and oxygen atoms in total. The highest BCUT2D eigenvalue weighted by molar-refractivity contribution is 5.93. The van der Waals surface area contributed by atoms with E-state index in [9.17, 15) is 14.9 Å². The van der Waals surface area contributed by atoms with E-state index in [0.717, 1.165) is 24.2 Å². The zero-order valence-electron chi connectivity index (χ0n) is 20.6. The number of nitro benzene ring substituents is 1. The van der Waals surface area contributed by atoms with Crippen molar-refractivity contribution in [3.8, 4) is 11.4 Å². The topological polar surface area (TPSA) is 114 Å². The van der Waals surface area contributed by atoms with E-state index < -0.39 is 4.92 Å². The summed E-state index contributed by atoms with van der Waals surface area (Å²) in [4.78, 5) is 30.1. The molecule has 0 atom stereocenters. The molecule has 1 saturated heterocycles. The van der Waals surface area contributed by atoms with Crippen LogP contribution in [0.25, 0.3) is 11.4 Å². The number of likely N-dealkylation sites (tertiary alicyclic amines) is 1. The summed E-state index contributed by atoms with van der Waals surface area (Å²) < 4.78 is 5.48. The van der Waals surface area contributed by atoms with Crippen LogP contribution < -0.4 is 5.32 Å². The van der Waals surface area contributed by atoms with Gasteiger partial charge in [0.2, 0.25) is 17.6 Å². The van der Waals surface area contributed by atoms with Gasteiger partial charge in [0.1, 0.15) is 0 Å². The molecule has 1 N–H and O–H groups in total.